The van der Waals surface area contributed by atoms with E-state index in [1.807, 2.05) is 0 Å². The van der Waals surface area contributed by atoms with Gasteiger partial charge in [-0.15, -0.1) is 11.3 Å². The second-order valence-corrected chi connectivity index (χ2v) is 10.3. The molecule has 0 bridgehead atoms. The Morgan fingerprint density at radius 1 is 1.05 bits per heavy atom. The van der Waals surface area contributed by atoms with Crippen LogP contribution in [0.3, 0.4) is 0 Å². The van der Waals surface area contributed by atoms with Crippen molar-refractivity contribution in [2.45, 2.75) is 10.6 Å². The molecule has 1 aromatic heterocycles. The predicted octanol–water partition coefficient (Wildman–Crippen LogP) is 1.06. The molecule has 2 heterocycles. The summed E-state index contributed by atoms with van der Waals surface area (Å²) in [7, 11) is -6.87. The average molecular weight is 359 g/mol. The number of sulfonamides is 2. The molecular formula is C10H15ClN2O4S3. The number of nitrogens with zero attached hydrogens (tertiary/aromatic N) is 2. The summed E-state index contributed by atoms with van der Waals surface area (Å²) < 4.78 is 51.1. The Kier molecular flexibility index (Phi) is 4.77. The highest BCUT2D eigenvalue weighted by molar-refractivity contribution is 7.91. The lowest BCUT2D eigenvalue weighted by atomic mass is 10.4. The number of thiophene rings is 1. The molecule has 1 fully saturated rings. The Morgan fingerprint density at radius 2 is 1.65 bits per heavy atom. The minimum absolute atomic E-state index is 0.158. The van der Waals surface area contributed by atoms with Crippen molar-refractivity contribution < 1.29 is 16.8 Å². The lowest BCUT2D eigenvalue weighted by Gasteiger charge is -2.19. The van der Waals surface area contributed by atoms with Gasteiger partial charge in [-0.25, -0.2) is 21.1 Å². The molecule has 20 heavy (non-hydrogen) atoms. The molecule has 1 aliphatic rings. The normalized spacial score (nSPS) is 19.9. The molecule has 0 N–H and O–H groups in total. The topological polar surface area (TPSA) is 74.8 Å². The predicted molar refractivity (Wildman–Crippen MR) is 79.1 cm³/mol. The van der Waals surface area contributed by atoms with Gasteiger partial charge in [0, 0.05) is 26.2 Å². The van der Waals surface area contributed by atoms with Gasteiger partial charge in [-0.05, 0) is 18.6 Å². The molecule has 0 amide bonds. The summed E-state index contributed by atoms with van der Waals surface area (Å²) in [5.41, 5.74) is 0. The fourth-order valence-electron chi connectivity index (χ4n) is 2.01. The third-order valence-corrected chi connectivity index (χ3v) is 7.93. The first kappa shape index (κ1) is 16.2. The van der Waals surface area contributed by atoms with Gasteiger partial charge < -0.3 is 0 Å². The van der Waals surface area contributed by atoms with E-state index in [1.54, 1.807) is 6.07 Å². The van der Waals surface area contributed by atoms with Crippen molar-refractivity contribution in [3.05, 3.63) is 16.5 Å². The van der Waals surface area contributed by atoms with Crippen LogP contribution in [0.25, 0.3) is 0 Å². The lowest BCUT2D eigenvalue weighted by Crippen LogP contribution is -2.36. The van der Waals surface area contributed by atoms with E-state index < -0.39 is 20.0 Å². The second-order valence-electron chi connectivity index (χ2n) is 4.48. The van der Waals surface area contributed by atoms with Gasteiger partial charge in [0.05, 0.1) is 10.6 Å². The molecule has 0 atom stereocenters. The summed E-state index contributed by atoms with van der Waals surface area (Å²) in [6.07, 6.45) is 1.61. The molecule has 0 aliphatic carbocycles. The van der Waals surface area contributed by atoms with Crippen molar-refractivity contribution in [3.8, 4) is 0 Å². The third-order valence-electron chi connectivity index (χ3n) is 3.03. The van der Waals surface area contributed by atoms with E-state index in [0.29, 0.717) is 23.8 Å². The zero-order valence-corrected chi connectivity index (χ0v) is 14.0. The SMILES string of the molecule is CS(=O)(=O)N1CCCN(S(=O)(=O)c2ccc(Cl)s2)CC1. The van der Waals surface area contributed by atoms with Crippen LogP contribution in [-0.4, -0.2) is 57.9 Å². The molecule has 6 nitrogen and oxygen atoms in total. The van der Waals surface area contributed by atoms with Gasteiger partial charge in [0.1, 0.15) is 4.21 Å². The van der Waals surface area contributed by atoms with Crippen molar-refractivity contribution in [1.82, 2.24) is 8.61 Å². The molecule has 1 aliphatic heterocycles. The van der Waals surface area contributed by atoms with E-state index in [0.717, 1.165) is 17.6 Å². The summed E-state index contributed by atoms with van der Waals surface area (Å²) in [5.74, 6) is 0. The zero-order valence-electron chi connectivity index (χ0n) is 10.8. The molecule has 1 aromatic rings. The molecule has 0 spiro atoms. The molecule has 2 rings (SSSR count). The standard InChI is InChI=1S/C10H15ClN2O4S3/c1-19(14,15)12-5-2-6-13(8-7-12)20(16,17)10-4-3-9(11)18-10/h3-4H,2,5-8H2,1H3. The van der Waals surface area contributed by atoms with Crippen LogP contribution < -0.4 is 0 Å². The minimum atomic E-state index is -3.59. The molecule has 0 radical (unpaired) electrons. The minimum Gasteiger partial charge on any atom is -0.213 e. The molecule has 0 aromatic carbocycles. The van der Waals surface area contributed by atoms with E-state index >= 15 is 0 Å². The average Bonchev–Trinajstić information content (AvgIpc) is 2.63. The molecule has 1 saturated heterocycles. The summed E-state index contributed by atoms with van der Waals surface area (Å²) in [6, 6.07) is 3.02. The number of halogens is 1. The Bertz CT molecular complexity index is 683. The largest absolute Gasteiger partial charge is 0.252 e. The zero-order chi connectivity index (χ0) is 15.0. The van der Waals surface area contributed by atoms with Gasteiger partial charge in [-0.2, -0.15) is 4.31 Å². The van der Waals surface area contributed by atoms with Crippen molar-refractivity contribution in [2.75, 3.05) is 32.4 Å². The van der Waals surface area contributed by atoms with Gasteiger partial charge >= 0.3 is 0 Å². The Labute approximate surface area is 128 Å². The quantitative estimate of drug-likeness (QED) is 0.809. The maximum atomic E-state index is 12.4. The van der Waals surface area contributed by atoms with Crippen LogP contribution in [0.5, 0.6) is 0 Å². The van der Waals surface area contributed by atoms with E-state index in [-0.39, 0.29) is 17.3 Å². The lowest BCUT2D eigenvalue weighted by molar-refractivity contribution is 0.407. The highest BCUT2D eigenvalue weighted by Crippen LogP contribution is 2.28. The molecule has 0 unspecified atom stereocenters. The van der Waals surface area contributed by atoms with Gasteiger partial charge in [-0.1, -0.05) is 11.6 Å². The first-order valence-electron chi connectivity index (χ1n) is 5.92. The Balaban J connectivity index is 2.18. The van der Waals surface area contributed by atoms with Crippen LogP contribution >= 0.6 is 22.9 Å². The Hall–Kier alpha value is -0.190. The van der Waals surface area contributed by atoms with Crippen LogP contribution in [0, 0.1) is 0 Å². The first-order valence-corrected chi connectivity index (χ1v) is 10.4. The van der Waals surface area contributed by atoms with E-state index in [2.05, 4.69) is 0 Å². The summed E-state index contributed by atoms with van der Waals surface area (Å²) in [6.45, 7) is 0.988. The van der Waals surface area contributed by atoms with E-state index in [1.165, 1.54) is 14.7 Å². The van der Waals surface area contributed by atoms with E-state index in [9.17, 15) is 16.8 Å². The van der Waals surface area contributed by atoms with Crippen LogP contribution in [-0.2, 0) is 20.0 Å². The number of hydrogen-bond acceptors (Lipinski definition) is 5. The van der Waals surface area contributed by atoms with Gasteiger partial charge in [0.15, 0.2) is 0 Å². The first-order chi connectivity index (χ1) is 9.21. The number of hydrogen-bond donors (Lipinski definition) is 0. The van der Waals surface area contributed by atoms with Gasteiger partial charge in [0.25, 0.3) is 10.0 Å². The summed E-state index contributed by atoms with van der Waals surface area (Å²) in [4.78, 5) is 0. The fourth-order valence-corrected chi connectivity index (χ4v) is 5.99. The number of rotatable bonds is 3. The maximum absolute atomic E-state index is 12.4. The molecule has 10 heteroatoms. The maximum Gasteiger partial charge on any atom is 0.252 e. The van der Waals surface area contributed by atoms with Crippen LogP contribution in [0.1, 0.15) is 6.42 Å². The van der Waals surface area contributed by atoms with Crippen molar-refractivity contribution in [3.63, 3.8) is 0 Å². The van der Waals surface area contributed by atoms with Crippen LogP contribution in [0.4, 0.5) is 0 Å². The highest BCUT2D eigenvalue weighted by Gasteiger charge is 2.30. The summed E-state index contributed by atoms with van der Waals surface area (Å²) in [5, 5.41) is 0. The van der Waals surface area contributed by atoms with Gasteiger partial charge in [0.2, 0.25) is 10.0 Å². The van der Waals surface area contributed by atoms with Crippen molar-refractivity contribution in [2.24, 2.45) is 0 Å². The van der Waals surface area contributed by atoms with Crippen LogP contribution in [0.15, 0.2) is 16.3 Å². The second kappa shape index (κ2) is 5.90. The molecule has 0 saturated carbocycles. The highest BCUT2D eigenvalue weighted by atomic mass is 35.5. The van der Waals surface area contributed by atoms with Gasteiger partial charge in [-0.3, -0.25) is 0 Å². The summed E-state index contributed by atoms with van der Waals surface area (Å²) >= 11 is 6.77. The molecular weight excluding hydrogens is 344 g/mol. The fraction of sp³-hybridized carbons (Fsp3) is 0.600. The van der Waals surface area contributed by atoms with Crippen molar-refractivity contribution >= 4 is 43.0 Å². The third kappa shape index (κ3) is 3.52. The van der Waals surface area contributed by atoms with E-state index in [4.69, 9.17) is 11.6 Å². The Morgan fingerprint density at radius 3 is 2.20 bits per heavy atom. The van der Waals surface area contributed by atoms with Crippen molar-refractivity contribution in [1.29, 1.82) is 0 Å². The smallest absolute Gasteiger partial charge is 0.213 e. The molecule has 114 valence electrons. The van der Waals surface area contributed by atoms with Crippen LogP contribution in [0.2, 0.25) is 4.34 Å². The monoisotopic (exact) mass is 358 g/mol.